The molecule has 0 aliphatic carbocycles. The largest absolute Gasteiger partial charge is 0.463 e. The van der Waals surface area contributed by atoms with E-state index in [1.54, 1.807) is 0 Å². The van der Waals surface area contributed by atoms with Gasteiger partial charge in [0, 0.05) is 43.8 Å². The van der Waals surface area contributed by atoms with Crippen molar-refractivity contribution in [3.63, 3.8) is 0 Å². The van der Waals surface area contributed by atoms with Crippen LogP contribution in [0.2, 0.25) is 0 Å². The monoisotopic (exact) mass is 510 g/mol. The summed E-state index contributed by atoms with van der Waals surface area (Å²) in [5.41, 5.74) is 7.37. The van der Waals surface area contributed by atoms with Crippen LogP contribution >= 0.6 is 0 Å². The molecule has 0 radical (unpaired) electrons. The summed E-state index contributed by atoms with van der Waals surface area (Å²) in [6, 6.07) is 45.0. The molecule has 2 heteroatoms. The summed E-state index contributed by atoms with van der Waals surface area (Å²) in [4.78, 5) is 0. The highest BCUT2D eigenvalue weighted by Gasteiger charge is 2.22. The number of hydrogen-bond acceptors (Lipinski definition) is 2. The Balaban J connectivity index is 1.44. The molecule has 0 spiro atoms. The van der Waals surface area contributed by atoms with E-state index in [1.807, 2.05) is 18.4 Å². The summed E-state index contributed by atoms with van der Waals surface area (Å²) in [7, 11) is 0. The van der Waals surface area contributed by atoms with Crippen molar-refractivity contribution in [1.29, 1.82) is 0 Å². The standard InChI is InChI=1S/C38H22O2/c1-2-11-24-23(10-1)20-21-31-33(22-39-37(24)31)36-28-15-5-3-13-26(28)35(27-14-4-6-16-29(27)36)32-18-9-17-30-25-12-7-8-19-34(25)40-38(30)32/h1-22H. The molecule has 2 aromatic heterocycles. The first kappa shape index (κ1) is 21.6. The topological polar surface area (TPSA) is 26.3 Å². The van der Waals surface area contributed by atoms with Gasteiger partial charge in [0.2, 0.25) is 0 Å². The first-order valence-electron chi connectivity index (χ1n) is 13.6. The van der Waals surface area contributed by atoms with E-state index < -0.39 is 0 Å². The van der Waals surface area contributed by atoms with E-state index in [9.17, 15) is 0 Å². The normalized spacial score (nSPS) is 12.0. The number of rotatable bonds is 2. The minimum atomic E-state index is 0.910. The smallest absolute Gasteiger partial charge is 0.143 e. The lowest BCUT2D eigenvalue weighted by Gasteiger charge is -2.17. The van der Waals surface area contributed by atoms with Gasteiger partial charge in [-0.1, -0.05) is 115 Å². The zero-order chi connectivity index (χ0) is 26.2. The van der Waals surface area contributed by atoms with Gasteiger partial charge in [0.25, 0.3) is 0 Å². The molecule has 0 aliphatic heterocycles. The highest BCUT2D eigenvalue weighted by molar-refractivity contribution is 6.26. The molecule has 0 unspecified atom stereocenters. The van der Waals surface area contributed by atoms with Gasteiger partial charge in [-0.25, -0.2) is 0 Å². The Morgan fingerprint density at radius 2 is 0.925 bits per heavy atom. The van der Waals surface area contributed by atoms with Gasteiger partial charge >= 0.3 is 0 Å². The molecule has 0 saturated carbocycles. The van der Waals surface area contributed by atoms with Gasteiger partial charge in [-0.3, -0.25) is 0 Å². The molecule has 0 amide bonds. The molecule has 2 nitrogen and oxygen atoms in total. The molecule has 2 heterocycles. The summed E-state index contributed by atoms with van der Waals surface area (Å²) in [5.74, 6) is 0. The van der Waals surface area contributed by atoms with Gasteiger partial charge in [-0.05, 0) is 39.1 Å². The predicted octanol–water partition coefficient (Wildman–Crippen LogP) is 11.1. The van der Waals surface area contributed by atoms with Crippen LogP contribution in [0.5, 0.6) is 0 Å². The third-order valence-electron chi connectivity index (χ3n) is 8.34. The van der Waals surface area contributed by atoms with Crippen molar-refractivity contribution in [1.82, 2.24) is 0 Å². The van der Waals surface area contributed by atoms with E-state index >= 15 is 0 Å². The summed E-state index contributed by atoms with van der Waals surface area (Å²) >= 11 is 0. The molecule has 0 N–H and O–H groups in total. The minimum Gasteiger partial charge on any atom is -0.463 e. The molecule has 0 aliphatic rings. The average molecular weight is 511 g/mol. The lowest BCUT2D eigenvalue weighted by Crippen LogP contribution is -1.90. The molecule has 9 aromatic rings. The van der Waals surface area contributed by atoms with Crippen molar-refractivity contribution in [2.45, 2.75) is 0 Å². The van der Waals surface area contributed by atoms with Crippen LogP contribution in [0.3, 0.4) is 0 Å². The van der Waals surface area contributed by atoms with E-state index in [-0.39, 0.29) is 0 Å². The van der Waals surface area contributed by atoms with E-state index in [2.05, 4.69) is 115 Å². The maximum Gasteiger partial charge on any atom is 0.143 e. The molecular weight excluding hydrogens is 488 g/mol. The van der Waals surface area contributed by atoms with Crippen LogP contribution in [0.1, 0.15) is 0 Å². The Morgan fingerprint density at radius 3 is 1.65 bits per heavy atom. The van der Waals surface area contributed by atoms with E-state index in [4.69, 9.17) is 8.83 Å². The Labute approximate surface area is 229 Å². The number of furan rings is 2. The molecule has 186 valence electrons. The molecule has 40 heavy (non-hydrogen) atoms. The fourth-order valence-corrected chi connectivity index (χ4v) is 6.61. The Morgan fingerprint density at radius 1 is 0.350 bits per heavy atom. The summed E-state index contributed by atoms with van der Waals surface area (Å²) < 4.78 is 12.8. The first-order chi connectivity index (χ1) is 19.9. The fourth-order valence-electron chi connectivity index (χ4n) is 6.61. The summed E-state index contributed by atoms with van der Waals surface area (Å²) in [6.45, 7) is 0. The third kappa shape index (κ3) is 2.88. The fraction of sp³-hybridized carbons (Fsp3) is 0. The highest BCUT2D eigenvalue weighted by Crippen LogP contribution is 2.48. The van der Waals surface area contributed by atoms with Crippen LogP contribution < -0.4 is 0 Å². The van der Waals surface area contributed by atoms with Crippen molar-refractivity contribution < 1.29 is 8.83 Å². The lowest BCUT2D eigenvalue weighted by atomic mass is 9.85. The Kier molecular flexibility index (Phi) is 4.36. The molecule has 0 saturated heterocycles. The summed E-state index contributed by atoms with van der Waals surface area (Å²) in [5, 5.41) is 10.5. The minimum absolute atomic E-state index is 0.910. The number of para-hydroxylation sites is 2. The van der Waals surface area contributed by atoms with Crippen LogP contribution in [0, 0.1) is 0 Å². The zero-order valence-corrected chi connectivity index (χ0v) is 21.5. The van der Waals surface area contributed by atoms with Crippen molar-refractivity contribution in [3.8, 4) is 22.3 Å². The zero-order valence-electron chi connectivity index (χ0n) is 21.5. The van der Waals surface area contributed by atoms with Gasteiger partial charge in [0.15, 0.2) is 0 Å². The second-order valence-electron chi connectivity index (χ2n) is 10.4. The second kappa shape index (κ2) is 8.08. The van der Waals surface area contributed by atoms with Crippen LogP contribution in [0.15, 0.2) is 142 Å². The lowest BCUT2D eigenvalue weighted by molar-refractivity contribution is 0.620. The van der Waals surface area contributed by atoms with Crippen molar-refractivity contribution >= 4 is 65.2 Å². The molecule has 9 rings (SSSR count). The second-order valence-corrected chi connectivity index (χ2v) is 10.4. The van der Waals surface area contributed by atoms with Crippen LogP contribution in [-0.2, 0) is 0 Å². The molecular formula is C38H22O2. The van der Waals surface area contributed by atoms with E-state index in [0.717, 1.165) is 49.4 Å². The summed E-state index contributed by atoms with van der Waals surface area (Å²) in [6.07, 6.45) is 1.94. The van der Waals surface area contributed by atoms with E-state index in [0.29, 0.717) is 0 Å². The molecule has 0 atom stereocenters. The maximum absolute atomic E-state index is 6.52. The molecule has 0 bridgehead atoms. The first-order valence-corrected chi connectivity index (χ1v) is 13.6. The molecule has 7 aromatic carbocycles. The van der Waals surface area contributed by atoms with Gasteiger partial charge < -0.3 is 8.83 Å². The Hall–Kier alpha value is -5.34. The maximum atomic E-state index is 6.52. The SMILES string of the molecule is c1ccc2c(c1)ccc1c(-c3c4ccccc4c(-c4cccc5c4oc4ccccc45)c4ccccc34)coc12. The number of hydrogen-bond donors (Lipinski definition) is 0. The number of benzene rings is 7. The van der Waals surface area contributed by atoms with Crippen molar-refractivity contribution in [2.24, 2.45) is 0 Å². The number of fused-ring (bicyclic) bond motifs is 8. The average Bonchev–Trinajstić information content (AvgIpc) is 3.62. The van der Waals surface area contributed by atoms with E-state index in [1.165, 1.54) is 38.1 Å². The predicted molar refractivity (Wildman–Crippen MR) is 167 cm³/mol. The van der Waals surface area contributed by atoms with Crippen molar-refractivity contribution in [2.75, 3.05) is 0 Å². The van der Waals surface area contributed by atoms with Gasteiger partial charge in [0.1, 0.15) is 16.7 Å². The quantitative estimate of drug-likeness (QED) is 0.216. The Bertz CT molecular complexity index is 2380. The van der Waals surface area contributed by atoms with Crippen LogP contribution in [0.25, 0.3) is 87.5 Å². The van der Waals surface area contributed by atoms with Gasteiger partial charge in [-0.2, -0.15) is 0 Å². The third-order valence-corrected chi connectivity index (χ3v) is 8.34. The highest BCUT2D eigenvalue weighted by atomic mass is 16.3. The van der Waals surface area contributed by atoms with Crippen LogP contribution in [-0.4, -0.2) is 0 Å². The van der Waals surface area contributed by atoms with Gasteiger partial charge in [-0.15, -0.1) is 0 Å². The van der Waals surface area contributed by atoms with Crippen molar-refractivity contribution in [3.05, 3.63) is 134 Å². The molecule has 0 fully saturated rings. The van der Waals surface area contributed by atoms with Crippen LogP contribution in [0.4, 0.5) is 0 Å². The van der Waals surface area contributed by atoms with Gasteiger partial charge in [0.05, 0.1) is 6.26 Å².